The van der Waals surface area contributed by atoms with E-state index in [1.54, 1.807) is 0 Å². The highest BCUT2D eigenvalue weighted by Crippen LogP contribution is 2.37. The molecule has 0 amide bonds. The van der Waals surface area contributed by atoms with Crippen molar-refractivity contribution in [3.63, 3.8) is 0 Å². The highest BCUT2D eigenvalue weighted by atomic mass is 15.2. The Kier molecular flexibility index (Phi) is 7.01. The van der Waals surface area contributed by atoms with Crippen molar-refractivity contribution in [3.05, 3.63) is 0 Å². The summed E-state index contributed by atoms with van der Waals surface area (Å²) >= 11 is 0. The van der Waals surface area contributed by atoms with Crippen molar-refractivity contribution in [2.75, 3.05) is 26.2 Å². The molecular formula is C19H38N2. The SMILES string of the molecule is CCCNCC1(CN2CC(C)CCC2C)CCCCCC1. The van der Waals surface area contributed by atoms with E-state index in [0.29, 0.717) is 5.41 Å². The summed E-state index contributed by atoms with van der Waals surface area (Å²) in [6, 6.07) is 0.799. The summed E-state index contributed by atoms with van der Waals surface area (Å²) in [4.78, 5) is 2.83. The maximum atomic E-state index is 3.76. The Labute approximate surface area is 133 Å². The molecule has 0 aromatic heterocycles. The fraction of sp³-hybridized carbons (Fsp3) is 1.00. The van der Waals surface area contributed by atoms with E-state index in [1.807, 2.05) is 0 Å². The molecule has 1 aliphatic carbocycles. The molecule has 1 heterocycles. The van der Waals surface area contributed by atoms with Crippen LogP contribution < -0.4 is 5.32 Å². The van der Waals surface area contributed by atoms with Crippen LogP contribution in [-0.2, 0) is 0 Å². The molecular weight excluding hydrogens is 256 g/mol. The lowest BCUT2D eigenvalue weighted by Crippen LogP contribution is -2.50. The second-order valence-electron chi connectivity index (χ2n) is 8.05. The highest BCUT2D eigenvalue weighted by molar-refractivity contribution is 4.90. The molecule has 0 bridgehead atoms. The van der Waals surface area contributed by atoms with Crippen LogP contribution in [0.25, 0.3) is 0 Å². The Morgan fingerprint density at radius 1 is 1.05 bits per heavy atom. The molecule has 0 spiro atoms. The zero-order chi connectivity index (χ0) is 15.1. The smallest absolute Gasteiger partial charge is 0.00673 e. The van der Waals surface area contributed by atoms with Gasteiger partial charge in [-0.3, -0.25) is 4.90 Å². The van der Waals surface area contributed by atoms with E-state index < -0.39 is 0 Å². The van der Waals surface area contributed by atoms with Gasteiger partial charge in [0.2, 0.25) is 0 Å². The molecule has 21 heavy (non-hydrogen) atoms. The van der Waals surface area contributed by atoms with E-state index in [4.69, 9.17) is 0 Å². The minimum atomic E-state index is 0.553. The molecule has 2 fully saturated rings. The summed E-state index contributed by atoms with van der Waals surface area (Å²) in [6.45, 7) is 12.3. The lowest BCUT2D eigenvalue weighted by Gasteiger charge is -2.44. The fourth-order valence-electron chi connectivity index (χ4n) is 4.43. The highest BCUT2D eigenvalue weighted by Gasteiger charge is 2.35. The van der Waals surface area contributed by atoms with Gasteiger partial charge in [0.05, 0.1) is 0 Å². The van der Waals surface area contributed by atoms with Crippen LogP contribution in [0.4, 0.5) is 0 Å². The van der Waals surface area contributed by atoms with Crippen LogP contribution in [0, 0.1) is 11.3 Å². The van der Waals surface area contributed by atoms with Crippen LogP contribution >= 0.6 is 0 Å². The molecule has 1 saturated heterocycles. The van der Waals surface area contributed by atoms with Gasteiger partial charge in [0.1, 0.15) is 0 Å². The van der Waals surface area contributed by atoms with E-state index in [9.17, 15) is 0 Å². The average molecular weight is 295 g/mol. The molecule has 1 aliphatic heterocycles. The number of nitrogens with zero attached hydrogens (tertiary/aromatic N) is 1. The standard InChI is InChI=1S/C19H38N2/c1-4-13-20-15-19(11-7-5-6-8-12-19)16-21-14-17(2)9-10-18(21)3/h17-18,20H,4-16H2,1-3H3. The fourth-order valence-corrected chi connectivity index (χ4v) is 4.43. The Hall–Kier alpha value is -0.0800. The molecule has 2 nitrogen and oxygen atoms in total. The summed E-state index contributed by atoms with van der Waals surface area (Å²) in [6.07, 6.45) is 12.8. The maximum Gasteiger partial charge on any atom is 0.00673 e. The lowest BCUT2D eigenvalue weighted by atomic mass is 9.78. The van der Waals surface area contributed by atoms with Crippen molar-refractivity contribution < 1.29 is 0 Å². The van der Waals surface area contributed by atoms with E-state index >= 15 is 0 Å². The first kappa shape index (κ1) is 17.3. The van der Waals surface area contributed by atoms with Gasteiger partial charge in [-0.05, 0) is 56.9 Å². The van der Waals surface area contributed by atoms with Gasteiger partial charge < -0.3 is 5.32 Å². The summed E-state index contributed by atoms with van der Waals surface area (Å²) < 4.78 is 0. The first-order chi connectivity index (χ1) is 10.2. The Balaban J connectivity index is 1.99. The summed E-state index contributed by atoms with van der Waals surface area (Å²) in [7, 11) is 0. The third-order valence-electron chi connectivity index (χ3n) is 5.88. The average Bonchev–Trinajstić information content (AvgIpc) is 2.69. The number of rotatable bonds is 6. The second kappa shape index (κ2) is 8.53. The van der Waals surface area contributed by atoms with Crippen LogP contribution in [-0.4, -0.2) is 37.1 Å². The zero-order valence-corrected chi connectivity index (χ0v) is 14.8. The molecule has 0 aromatic rings. The van der Waals surface area contributed by atoms with E-state index in [1.165, 1.54) is 84.0 Å². The van der Waals surface area contributed by atoms with E-state index in [-0.39, 0.29) is 0 Å². The largest absolute Gasteiger partial charge is 0.316 e. The molecule has 0 aromatic carbocycles. The minimum absolute atomic E-state index is 0.553. The minimum Gasteiger partial charge on any atom is -0.316 e. The molecule has 0 radical (unpaired) electrons. The van der Waals surface area contributed by atoms with Gasteiger partial charge in [0.25, 0.3) is 0 Å². The molecule has 2 rings (SSSR count). The summed E-state index contributed by atoms with van der Waals surface area (Å²) in [5, 5.41) is 3.76. The Morgan fingerprint density at radius 2 is 1.76 bits per heavy atom. The van der Waals surface area contributed by atoms with Crippen molar-refractivity contribution >= 4 is 0 Å². The van der Waals surface area contributed by atoms with E-state index in [2.05, 4.69) is 31.0 Å². The van der Waals surface area contributed by atoms with Crippen molar-refractivity contribution in [3.8, 4) is 0 Å². The third kappa shape index (κ3) is 5.25. The second-order valence-corrected chi connectivity index (χ2v) is 8.05. The predicted molar refractivity (Wildman–Crippen MR) is 92.7 cm³/mol. The van der Waals surface area contributed by atoms with Gasteiger partial charge in [-0.1, -0.05) is 39.5 Å². The first-order valence-corrected chi connectivity index (χ1v) is 9.60. The number of nitrogens with one attached hydrogen (secondary N) is 1. The Morgan fingerprint density at radius 3 is 2.43 bits per heavy atom. The van der Waals surface area contributed by atoms with Crippen LogP contribution in [0.1, 0.15) is 78.6 Å². The molecule has 2 atom stereocenters. The van der Waals surface area contributed by atoms with Crippen LogP contribution in [0.2, 0.25) is 0 Å². The van der Waals surface area contributed by atoms with Crippen LogP contribution in [0.15, 0.2) is 0 Å². The monoisotopic (exact) mass is 294 g/mol. The number of hydrogen-bond donors (Lipinski definition) is 1. The van der Waals surface area contributed by atoms with Gasteiger partial charge in [0.15, 0.2) is 0 Å². The van der Waals surface area contributed by atoms with Crippen molar-refractivity contribution in [1.29, 1.82) is 0 Å². The van der Waals surface area contributed by atoms with Crippen molar-refractivity contribution in [1.82, 2.24) is 10.2 Å². The predicted octanol–water partition coefficient (Wildman–Crippen LogP) is 4.45. The molecule has 2 unspecified atom stereocenters. The van der Waals surface area contributed by atoms with Crippen LogP contribution in [0.3, 0.4) is 0 Å². The van der Waals surface area contributed by atoms with Gasteiger partial charge in [-0.2, -0.15) is 0 Å². The molecule has 2 heteroatoms. The number of likely N-dealkylation sites (tertiary alicyclic amines) is 1. The quantitative estimate of drug-likeness (QED) is 0.575. The number of piperidine rings is 1. The first-order valence-electron chi connectivity index (χ1n) is 9.60. The Bertz CT molecular complexity index is 281. The molecule has 124 valence electrons. The van der Waals surface area contributed by atoms with E-state index in [0.717, 1.165) is 12.0 Å². The van der Waals surface area contributed by atoms with Crippen molar-refractivity contribution in [2.24, 2.45) is 11.3 Å². The van der Waals surface area contributed by atoms with Gasteiger partial charge in [-0.15, -0.1) is 0 Å². The van der Waals surface area contributed by atoms with Gasteiger partial charge >= 0.3 is 0 Å². The van der Waals surface area contributed by atoms with Crippen LogP contribution in [0.5, 0.6) is 0 Å². The maximum absolute atomic E-state index is 3.76. The third-order valence-corrected chi connectivity index (χ3v) is 5.88. The number of hydrogen-bond acceptors (Lipinski definition) is 2. The summed E-state index contributed by atoms with van der Waals surface area (Å²) in [5.41, 5.74) is 0.553. The van der Waals surface area contributed by atoms with Gasteiger partial charge in [-0.25, -0.2) is 0 Å². The van der Waals surface area contributed by atoms with Gasteiger partial charge in [0, 0.05) is 25.7 Å². The zero-order valence-electron chi connectivity index (χ0n) is 14.8. The normalized spacial score (nSPS) is 31.0. The molecule has 1 saturated carbocycles. The molecule has 1 N–H and O–H groups in total. The molecule has 2 aliphatic rings. The summed E-state index contributed by atoms with van der Waals surface area (Å²) in [5.74, 6) is 0.896. The topological polar surface area (TPSA) is 15.3 Å². The van der Waals surface area contributed by atoms with Crippen molar-refractivity contribution in [2.45, 2.75) is 84.6 Å². The lowest BCUT2D eigenvalue weighted by molar-refractivity contribution is 0.0569.